The molecule has 0 aromatic rings. The maximum absolute atomic E-state index is 11.7. The van der Waals surface area contributed by atoms with Crippen molar-refractivity contribution in [1.29, 1.82) is 5.26 Å². The zero-order valence-corrected chi connectivity index (χ0v) is 7.02. The summed E-state index contributed by atoms with van der Waals surface area (Å²) >= 11 is 0. The van der Waals surface area contributed by atoms with Crippen LogP contribution < -0.4 is 0 Å². The fourth-order valence-corrected chi connectivity index (χ4v) is 0.595. The molecule has 0 aromatic carbocycles. The Labute approximate surface area is 69.6 Å². The minimum absolute atomic E-state index is 0.127. The molecule has 0 saturated heterocycles. The molecule has 0 bridgehead atoms. The molecule has 0 aliphatic rings. The molecule has 2 nitrogen and oxygen atoms in total. The second kappa shape index (κ2) is 4.31. The summed E-state index contributed by atoms with van der Waals surface area (Å²) < 4.78 is 35.0. The number of halogens is 3. The van der Waals surface area contributed by atoms with Gasteiger partial charge in [-0.1, -0.05) is 0 Å². The highest BCUT2D eigenvalue weighted by atomic mass is 19.4. The average Bonchev–Trinajstić information content (AvgIpc) is 1.97. The Balaban J connectivity index is 3.73. The quantitative estimate of drug-likeness (QED) is 0.662. The van der Waals surface area contributed by atoms with Gasteiger partial charge in [-0.25, -0.2) is 0 Å². The molecule has 0 rings (SSSR count). The molecule has 12 heavy (non-hydrogen) atoms. The summed E-state index contributed by atoms with van der Waals surface area (Å²) in [5.41, 5.74) is 0. The zero-order chi connectivity index (χ0) is 9.78. The molecule has 0 aliphatic carbocycles. The molecule has 0 aliphatic heterocycles. The predicted molar refractivity (Wildman–Crippen MR) is 38.4 cm³/mol. The summed E-state index contributed by atoms with van der Waals surface area (Å²) in [6.07, 6.45) is -5.00. The minimum Gasteiger partial charge on any atom is -0.291 e. The van der Waals surface area contributed by atoms with Gasteiger partial charge in [0.05, 0.1) is 18.5 Å². The van der Waals surface area contributed by atoms with Gasteiger partial charge in [0.15, 0.2) is 0 Å². The molecule has 0 heterocycles. The largest absolute Gasteiger partial charge is 0.390 e. The van der Waals surface area contributed by atoms with Crippen molar-refractivity contribution in [2.24, 2.45) is 0 Å². The Bertz CT molecular complexity index is 170. The van der Waals surface area contributed by atoms with Crippen molar-refractivity contribution < 1.29 is 13.2 Å². The van der Waals surface area contributed by atoms with E-state index < -0.39 is 18.6 Å². The smallest absolute Gasteiger partial charge is 0.291 e. The Morgan fingerprint density at radius 1 is 1.50 bits per heavy atom. The van der Waals surface area contributed by atoms with E-state index >= 15 is 0 Å². The van der Waals surface area contributed by atoms with Crippen molar-refractivity contribution in [1.82, 2.24) is 4.90 Å². The van der Waals surface area contributed by atoms with Gasteiger partial charge in [-0.3, -0.25) is 4.90 Å². The number of hydrogen-bond donors (Lipinski definition) is 0. The third-order valence-corrected chi connectivity index (χ3v) is 1.60. The minimum atomic E-state index is -4.14. The van der Waals surface area contributed by atoms with Crippen LogP contribution in [-0.4, -0.2) is 30.7 Å². The van der Waals surface area contributed by atoms with E-state index in [9.17, 15) is 13.2 Å². The van der Waals surface area contributed by atoms with Gasteiger partial charge in [0.2, 0.25) is 0 Å². The fourth-order valence-electron chi connectivity index (χ4n) is 0.595. The molecule has 70 valence electrons. The van der Waals surface area contributed by atoms with E-state index in [1.807, 2.05) is 6.07 Å². The molecule has 0 amide bonds. The summed E-state index contributed by atoms with van der Waals surface area (Å²) in [7, 11) is 1.50. The van der Waals surface area contributed by atoms with Crippen LogP contribution in [0.4, 0.5) is 13.2 Å². The van der Waals surface area contributed by atoms with Crippen LogP contribution in [0.15, 0.2) is 0 Å². The van der Waals surface area contributed by atoms with Gasteiger partial charge < -0.3 is 0 Å². The number of nitriles is 1. The first-order valence-electron chi connectivity index (χ1n) is 3.53. The predicted octanol–water partition coefficient (Wildman–Crippen LogP) is 1.78. The van der Waals surface area contributed by atoms with Crippen LogP contribution in [0.25, 0.3) is 0 Å². The molecule has 5 heteroatoms. The molecule has 0 aromatic heterocycles. The Morgan fingerprint density at radius 2 is 2.00 bits per heavy atom. The van der Waals surface area contributed by atoms with E-state index in [1.54, 1.807) is 6.92 Å². The highest BCUT2D eigenvalue weighted by Crippen LogP contribution is 2.19. The van der Waals surface area contributed by atoms with Crippen molar-refractivity contribution in [3.8, 4) is 6.07 Å². The molecule has 0 saturated carbocycles. The summed E-state index contributed by atoms with van der Waals surface area (Å²) in [5, 5.41) is 8.36. The monoisotopic (exact) mass is 180 g/mol. The van der Waals surface area contributed by atoms with Crippen molar-refractivity contribution in [2.75, 3.05) is 13.6 Å². The lowest BCUT2D eigenvalue weighted by molar-refractivity contribution is -0.137. The number of rotatable bonds is 3. The highest BCUT2D eigenvalue weighted by Gasteiger charge is 2.27. The van der Waals surface area contributed by atoms with E-state index in [0.717, 1.165) is 0 Å². The lowest BCUT2D eigenvalue weighted by Gasteiger charge is -2.19. The van der Waals surface area contributed by atoms with E-state index in [-0.39, 0.29) is 6.54 Å². The van der Waals surface area contributed by atoms with Crippen molar-refractivity contribution >= 4 is 0 Å². The van der Waals surface area contributed by atoms with Crippen LogP contribution >= 0.6 is 0 Å². The van der Waals surface area contributed by atoms with Crippen molar-refractivity contribution in [2.45, 2.75) is 25.6 Å². The van der Waals surface area contributed by atoms with Gasteiger partial charge in [0.25, 0.3) is 0 Å². The third-order valence-electron chi connectivity index (χ3n) is 1.60. The van der Waals surface area contributed by atoms with Crippen LogP contribution in [0.3, 0.4) is 0 Å². The number of nitrogens with zero attached hydrogens (tertiary/aromatic N) is 2. The standard InChI is InChI=1S/C7H11F3N2/c1-6(5-11)12(2)4-3-7(8,9)10/h6H,3-4H2,1-2H3. The highest BCUT2D eigenvalue weighted by molar-refractivity contribution is 4.86. The van der Waals surface area contributed by atoms with Crippen LogP contribution in [0.5, 0.6) is 0 Å². The Morgan fingerprint density at radius 3 is 2.33 bits per heavy atom. The van der Waals surface area contributed by atoms with E-state index in [0.29, 0.717) is 0 Å². The van der Waals surface area contributed by atoms with Gasteiger partial charge in [0, 0.05) is 6.54 Å². The summed E-state index contributed by atoms with van der Waals surface area (Å²) in [6, 6.07) is 1.39. The van der Waals surface area contributed by atoms with Crippen LogP contribution in [0, 0.1) is 11.3 Å². The second-order valence-electron chi connectivity index (χ2n) is 2.65. The van der Waals surface area contributed by atoms with E-state index in [2.05, 4.69) is 0 Å². The SMILES string of the molecule is CC(C#N)N(C)CCC(F)(F)F. The molecular formula is C7H11F3N2. The van der Waals surface area contributed by atoms with Crippen LogP contribution in [-0.2, 0) is 0 Å². The second-order valence-corrected chi connectivity index (χ2v) is 2.65. The summed E-state index contributed by atoms with van der Waals surface area (Å²) in [6.45, 7) is 1.44. The summed E-state index contributed by atoms with van der Waals surface area (Å²) in [4.78, 5) is 1.37. The fraction of sp³-hybridized carbons (Fsp3) is 0.857. The Kier molecular flexibility index (Phi) is 4.04. The van der Waals surface area contributed by atoms with Crippen molar-refractivity contribution in [3.05, 3.63) is 0 Å². The molecule has 0 spiro atoms. The maximum atomic E-state index is 11.7. The number of alkyl halides is 3. The average molecular weight is 180 g/mol. The first-order chi connectivity index (χ1) is 5.37. The lowest BCUT2D eigenvalue weighted by Crippen LogP contribution is -2.31. The molecular weight excluding hydrogens is 169 g/mol. The molecule has 0 fully saturated rings. The Hall–Kier alpha value is -0.760. The first kappa shape index (κ1) is 11.2. The van der Waals surface area contributed by atoms with E-state index in [4.69, 9.17) is 5.26 Å². The zero-order valence-electron chi connectivity index (χ0n) is 7.02. The van der Waals surface area contributed by atoms with Gasteiger partial charge >= 0.3 is 6.18 Å². The molecule has 0 N–H and O–H groups in total. The van der Waals surface area contributed by atoms with Crippen LogP contribution in [0.2, 0.25) is 0 Å². The van der Waals surface area contributed by atoms with Crippen molar-refractivity contribution in [3.63, 3.8) is 0 Å². The lowest BCUT2D eigenvalue weighted by atomic mass is 10.3. The van der Waals surface area contributed by atoms with Gasteiger partial charge in [-0.2, -0.15) is 18.4 Å². The molecule has 1 atom stereocenters. The summed E-state index contributed by atoms with van der Waals surface area (Å²) in [5.74, 6) is 0. The third kappa shape index (κ3) is 4.97. The maximum Gasteiger partial charge on any atom is 0.390 e. The first-order valence-corrected chi connectivity index (χ1v) is 3.53. The molecule has 1 unspecified atom stereocenters. The normalized spacial score (nSPS) is 14.4. The van der Waals surface area contributed by atoms with Crippen LogP contribution in [0.1, 0.15) is 13.3 Å². The topological polar surface area (TPSA) is 27.0 Å². The van der Waals surface area contributed by atoms with Gasteiger partial charge in [-0.15, -0.1) is 0 Å². The van der Waals surface area contributed by atoms with Gasteiger partial charge in [0.1, 0.15) is 0 Å². The number of hydrogen-bond acceptors (Lipinski definition) is 2. The van der Waals surface area contributed by atoms with E-state index in [1.165, 1.54) is 11.9 Å². The molecule has 0 radical (unpaired) electrons. The van der Waals surface area contributed by atoms with Gasteiger partial charge in [-0.05, 0) is 14.0 Å².